The lowest BCUT2D eigenvalue weighted by atomic mass is 10.1. The summed E-state index contributed by atoms with van der Waals surface area (Å²) in [5.41, 5.74) is 3.88. The van der Waals surface area contributed by atoms with Gasteiger partial charge in [-0.05, 0) is 79.2 Å². The number of carbonyl (C=O) groups is 1. The minimum atomic E-state index is -4.88. The van der Waals surface area contributed by atoms with Crippen molar-refractivity contribution in [2.75, 3.05) is 24.3 Å². The molecule has 3 aromatic carbocycles. The van der Waals surface area contributed by atoms with Gasteiger partial charge in [-0.3, -0.25) is 13.9 Å². The summed E-state index contributed by atoms with van der Waals surface area (Å²) in [4.78, 5) is 23.8. The number of hydrogen-bond donors (Lipinski definition) is 3. The van der Waals surface area contributed by atoms with E-state index in [0.29, 0.717) is 46.0 Å². The van der Waals surface area contributed by atoms with Gasteiger partial charge in [-0.25, -0.2) is 9.98 Å². The molecule has 4 aromatic rings. The van der Waals surface area contributed by atoms with Crippen molar-refractivity contribution in [3.63, 3.8) is 0 Å². The van der Waals surface area contributed by atoms with E-state index in [1.54, 1.807) is 12.1 Å². The zero-order valence-electron chi connectivity index (χ0n) is 23.5. The third-order valence-electron chi connectivity index (χ3n) is 6.37. The summed E-state index contributed by atoms with van der Waals surface area (Å²) in [5.74, 6) is -0.148. The number of rotatable bonds is 8. The average molecular weight is 636 g/mol. The molecule has 1 aliphatic heterocycles. The molecule has 5 rings (SSSR count). The normalized spacial score (nSPS) is 13.8. The minimum Gasteiger partial charge on any atom is -0.378 e. The quantitative estimate of drug-likeness (QED) is 0.240. The van der Waals surface area contributed by atoms with Gasteiger partial charge < -0.3 is 10.2 Å². The van der Waals surface area contributed by atoms with E-state index >= 15 is 0 Å². The van der Waals surface area contributed by atoms with Crippen LogP contribution in [0.1, 0.15) is 23.1 Å². The molecule has 2 heterocycles. The Labute approximate surface area is 252 Å². The van der Waals surface area contributed by atoms with Crippen LogP contribution in [-0.4, -0.2) is 72.2 Å². The maximum absolute atomic E-state index is 12.8. The zero-order chi connectivity index (χ0) is 32.0. The van der Waals surface area contributed by atoms with Crippen LogP contribution in [0.15, 0.2) is 98.8 Å². The Morgan fingerprint density at radius 2 is 1.52 bits per heavy atom. The van der Waals surface area contributed by atoms with Gasteiger partial charge in [-0.15, -0.1) is 15.0 Å². The van der Waals surface area contributed by atoms with Crippen LogP contribution in [0.2, 0.25) is 0 Å². The first-order chi connectivity index (χ1) is 20.6. The van der Waals surface area contributed by atoms with Gasteiger partial charge in [0, 0.05) is 36.6 Å². The number of aromatic nitrogens is 3. The fourth-order valence-electron chi connectivity index (χ4n) is 4.14. The summed E-state index contributed by atoms with van der Waals surface area (Å²) in [6.45, 7) is 5.80. The van der Waals surface area contributed by atoms with Gasteiger partial charge in [-0.1, -0.05) is 6.58 Å². The summed E-state index contributed by atoms with van der Waals surface area (Å²) in [6, 6.07) is 16.0. The first kappa shape index (κ1) is 30.4. The molecular formula is C28H25N7O7S2. The number of benzene rings is 3. The van der Waals surface area contributed by atoms with Crippen LogP contribution in [0.4, 0.5) is 17.1 Å². The monoisotopic (exact) mass is 635 g/mol. The second kappa shape index (κ2) is 11.2. The summed E-state index contributed by atoms with van der Waals surface area (Å²) in [5, 5.41) is 11.5. The molecule has 226 valence electrons. The SMILES string of the molecule is C=C(C)C1=Nn2nc(-c3ccc(NC(=O)c4cc(S(=O)(=O)O)cc(S(=O)(=O)O)c4)cc3)nc2C1=Nc1ccc(N(C)C)cc1. The van der Waals surface area contributed by atoms with E-state index in [9.17, 15) is 30.7 Å². The van der Waals surface area contributed by atoms with Crippen molar-refractivity contribution in [1.29, 1.82) is 0 Å². The van der Waals surface area contributed by atoms with Crippen LogP contribution in [0.5, 0.6) is 0 Å². The van der Waals surface area contributed by atoms with Crippen LogP contribution in [-0.2, 0) is 20.2 Å². The van der Waals surface area contributed by atoms with E-state index in [4.69, 9.17) is 4.99 Å². The van der Waals surface area contributed by atoms with E-state index in [0.717, 1.165) is 17.8 Å². The van der Waals surface area contributed by atoms with Gasteiger partial charge in [-0.2, -0.15) is 16.8 Å². The summed E-state index contributed by atoms with van der Waals surface area (Å²) < 4.78 is 65.0. The largest absolute Gasteiger partial charge is 0.378 e. The molecule has 0 radical (unpaired) electrons. The van der Waals surface area contributed by atoms with E-state index in [1.165, 1.54) is 16.9 Å². The molecule has 44 heavy (non-hydrogen) atoms. The van der Waals surface area contributed by atoms with Crippen LogP contribution < -0.4 is 10.2 Å². The van der Waals surface area contributed by atoms with Crippen LogP contribution in [0.25, 0.3) is 11.4 Å². The van der Waals surface area contributed by atoms with Gasteiger partial charge in [0.2, 0.25) is 5.82 Å². The van der Waals surface area contributed by atoms with E-state index in [1.807, 2.05) is 50.2 Å². The molecule has 0 atom stereocenters. The van der Waals surface area contributed by atoms with Gasteiger partial charge >= 0.3 is 0 Å². The molecule has 0 fully saturated rings. The minimum absolute atomic E-state index is 0.266. The highest BCUT2D eigenvalue weighted by Crippen LogP contribution is 2.26. The Kier molecular flexibility index (Phi) is 7.77. The Hall–Kier alpha value is -5.03. The molecule has 1 aromatic heterocycles. The molecule has 0 saturated carbocycles. The summed E-state index contributed by atoms with van der Waals surface area (Å²) in [7, 11) is -5.87. The van der Waals surface area contributed by atoms with Gasteiger partial charge in [0.1, 0.15) is 11.4 Å². The number of amides is 1. The number of allylic oxidation sites excluding steroid dienone is 1. The van der Waals surface area contributed by atoms with E-state index in [2.05, 4.69) is 27.1 Å². The van der Waals surface area contributed by atoms with Gasteiger partial charge in [0.15, 0.2) is 5.82 Å². The molecular weight excluding hydrogens is 610 g/mol. The zero-order valence-corrected chi connectivity index (χ0v) is 25.1. The Balaban J connectivity index is 1.40. The highest BCUT2D eigenvalue weighted by molar-refractivity contribution is 7.86. The summed E-state index contributed by atoms with van der Waals surface area (Å²) in [6.07, 6.45) is 0. The molecule has 1 aliphatic rings. The lowest BCUT2D eigenvalue weighted by Crippen LogP contribution is -2.14. The third kappa shape index (κ3) is 6.32. The van der Waals surface area contributed by atoms with Crippen molar-refractivity contribution in [3.8, 4) is 11.4 Å². The number of hydrogen-bond acceptors (Lipinski definition) is 10. The molecule has 0 saturated heterocycles. The van der Waals surface area contributed by atoms with Crippen molar-refractivity contribution in [3.05, 3.63) is 90.3 Å². The maximum Gasteiger partial charge on any atom is 0.294 e. The molecule has 0 aliphatic carbocycles. The maximum atomic E-state index is 12.8. The van der Waals surface area contributed by atoms with Crippen molar-refractivity contribution in [2.45, 2.75) is 16.7 Å². The predicted octanol–water partition coefficient (Wildman–Crippen LogP) is 3.67. The number of nitrogens with zero attached hydrogens (tertiary/aromatic N) is 6. The molecule has 3 N–H and O–H groups in total. The molecule has 0 bridgehead atoms. The molecule has 0 unspecified atom stereocenters. The molecule has 14 nitrogen and oxygen atoms in total. The van der Waals surface area contributed by atoms with Crippen molar-refractivity contribution >= 4 is 54.6 Å². The standard InChI is InChI=1S/C28H25N7O7S2/c1-16(2)24-25(29-19-9-11-21(12-10-19)34(3)4)27-31-26(33-35(27)32-24)17-5-7-20(8-6-17)30-28(36)18-13-22(43(37,38)39)15-23(14-18)44(40,41)42/h5-15H,1H2,2-4H3,(H,30,36)(H,37,38,39)(H,40,41,42). The highest BCUT2D eigenvalue weighted by Gasteiger charge is 2.28. The van der Waals surface area contributed by atoms with Crippen molar-refractivity contribution in [1.82, 2.24) is 14.9 Å². The van der Waals surface area contributed by atoms with Crippen LogP contribution in [0.3, 0.4) is 0 Å². The van der Waals surface area contributed by atoms with Crippen molar-refractivity contribution in [2.24, 2.45) is 10.1 Å². The Bertz CT molecular complexity index is 2050. The summed E-state index contributed by atoms with van der Waals surface area (Å²) >= 11 is 0. The number of fused-ring (bicyclic) bond motifs is 1. The highest BCUT2D eigenvalue weighted by atomic mass is 32.2. The van der Waals surface area contributed by atoms with Gasteiger partial charge in [0.05, 0.1) is 15.5 Å². The Morgan fingerprint density at radius 3 is 2.05 bits per heavy atom. The predicted molar refractivity (Wildman–Crippen MR) is 164 cm³/mol. The lowest BCUT2D eigenvalue weighted by Gasteiger charge is -2.11. The number of anilines is 2. The second-order valence-corrected chi connectivity index (χ2v) is 12.8. The lowest BCUT2D eigenvalue weighted by molar-refractivity contribution is 0.102. The smallest absolute Gasteiger partial charge is 0.294 e. The average Bonchev–Trinajstić information content (AvgIpc) is 3.52. The number of aliphatic imine (C=N–C) groups is 1. The fraction of sp³-hybridized carbons (Fsp3) is 0.107. The first-order valence-corrected chi connectivity index (χ1v) is 15.6. The topological polar surface area (TPSA) is 197 Å². The number of nitrogens with one attached hydrogen (secondary N) is 1. The first-order valence-electron chi connectivity index (χ1n) is 12.7. The Morgan fingerprint density at radius 1 is 0.932 bits per heavy atom. The molecule has 16 heteroatoms. The van der Waals surface area contributed by atoms with Crippen LogP contribution in [0, 0.1) is 0 Å². The van der Waals surface area contributed by atoms with E-state index in [-0.39, 0.29) is 5.69 Å². The molecule has 0 spiro atoms. The molecule has 1 amide bonds. The van der Waals surface area contributed by atoms with Crippen LogP contribution >= 0.6 is 0 Å². The van der Waals surface area contributed by atoms with E-state index < -0.39 is 41.5 Å². The van der Waals surface area contributed by atoms with Gasteiger partial charge in [0.25, 0.3) is 26.1 Å². The third-order valence-corrected chi connectivity index (χ3v) is 8.03. The van der Waals surface area contributed by atoms with Crippen molar-refractivity contribution < 1.29 is 30.7 Å². The number of carbonyl (C=O) groups excluding carboxylic acids is 1. The second-order valence-electron chi connectivity index (χ2n) is 9.92. The fourth-order valence-corrected chi connectivity index (χ4v) is 5.32.